The van der Waals surface area contributed by atoms with E-state index in [1.54, 1.807) is 24.3 Å². The number of benzene rings is 2. The number of nitrogens with two attached hydrogens (primary N) is 1. The Hall–Kier alpha value is -3.51. The quantitative estimate of drug-likeness (QED) is 0.620. The summed E-state index contributed by atoms with van der Waals surface area (Å²) in [6.45, 7) is 0. The lowest BCUT2D eigenvalue weighted by Gasteiger charge is -2.28. The number of aromatic hydroxyl groups is 1. The van der Waals surface area contributed by atoms with Gasteiger partial charge in [-0.2, -0.15) is 0 Å². The maximum atomic E-state index is 11.7. The molecule has 26 heavy (non-hydrogen) atoms. The van der Waals surface area contributed by atoms with E-state index in [-0.39, 0.29) is 11.3 Å². The predicted octanol–water partition coefficient (Wildman–Crippen LogP) is 2.68. The summed E-state index contributed by atoms with van der Waals surface area (Å²) in [5.41, 5.74) is 8.76. The number of phenols is 1. The Morgan fingerprint density at radius 2 is 1.92 bits per heavy atom. The van der Waals surface area contributed by atoms with E-state index in [0.29, 0.717) is 39.5 Å². The number of ether oxygens (including phenoxy) is 1. The third-order valence-electron chi connectivity index (χ3n) is 4.31. The number of rotatable bonds is 2. The Balaban J connectivity index is 2.07. The Morgan fingerprint density at radius 1 is 1.12 bits per heavy atom. The second-order valence-corrected chi connectivity index (χ2v) is 6.06. The van der Waals surface area contributed by atoms with Crippen molar-refractivity contribution in [1.82, 2.24) is 0 Å². The number of aliphatic hydroxyl groups is 1. The SMILES string of the molecule is Nc1ccc(C(=O)O)c(C2=C3C=CC(O)C=C3Oc3cc(O)ccc32)c1. The number of carbonyl (C=O) groups is 1. The standard InChI is InChI=1S/C20H15NO5/c21-10-1-4-13(20(24)25)16(7-10)19-14-5-2-11(22)8-17(14)26-18-9-12(23)3-6-15(18)19/h1-9,11,22-23H,21H2,(H,24,25). The third-order valence-corrected chi connectivity index (χ3v) is 4.31. The van der Waals surface area contributed by atoms with Crippen molar-refractivity contribution in [2.45, 2.75) is 6.10 Å². The number of nitrogen functional groups attached to an aromatic ring is 1. The summed E-state index contributed by atoms with van der Waals surface area (Å²) in [5.74, 6) is -0.293. The molecule has 0 fully saturated rings. The van der Waals surface area contributed by atoms with E-state index in [9.17, 15) is 20.1 Å². The molecule has 0 saturated carbocycles. The summed E-state index contributed by atoms with van der Waals surface area (Å²) in [4.78, 5) is 11.7. The van der Waals surface area contributed by atoms with E-state index >= 15 is 0 Å². The highest BCUT2D eigenvalue weighted by molar-refractivity contribution is 6.01. The molecule has 0 radical (unpaired) electrons. The molecule has 1 aliphatic heterocycles. The fourth-order valence-corrected chi connectivity index (χ4v) is 3.18. The molecule has 2 aromatic carbocycles. The largest absolute Gasteiger partial charge is 0.508 e. The molecule has 0 amide bonds. The van der Waals surface area contributed by atoms with Crippen LogP contribution >= 0.6 is 0 Å². The van der Waals surface area contributed by atoms with E-state index in [1.165, 1.54) is 30.3 Å². The number of carboxylic acid groups (broad SMARTS) is 1. The number of aromatic carboxylic acids is 1. The van der Waals surface area contributed by atoms with Crippen LogP contribution in [0.25, 0.3) is 5.57 Å². The van der Waals surface area contributed by atoms with Gasteiger partial charge in [0.1, 0.15) is 17.3 Å². The van der Waals surface area contributed by atoms with Crippen molar-refractivity contribution < 1.29 is 24.9 Å². The number of allylic oxidation sites excluding steroid dienone is 1. The molecule has 1 atom stereocenters. The molecule has 5 N–H and O–H groups in total. The zero-order valence-corrected chi connectivity index (χ0v) is 13.5. The number of anilines is 1. The number of aliphatic hydroxyl groups excluding tert-OH is 1. The van der Waals surface area contributed by atoms with E-state index in [0.717, 1.165) is 0 Å². The van der Waals surface area contributed by atoms with Crippen molar-refractivity contribution in [2.75, 3.05) is 5.73 Å². The number of carboxylic acids is 1. The molecule has 2 aliphatic rings. The summed E-state index contributed by atoms with van der Waals surface area (Å²) < 4.78 is 5.82. The second kappa shape index (κ2) is 5.79. The molecule has 0 bridgehead atoms. The second-order valence-electron chi connectivity index (χ2n) is 6.06. The highest BCUT2D eigenvalue weighted by Gasteiger charge is 2.29. The lowest BCUT2D eigenvalue weighted by molar-refractivity contribution is 0.0696. The van der Waals surface area contributed by atoms with Crippen LogP contribution in [0.2, 0.25) is 0 Å². The van der Waals surface area contributed by atoms with Crippen molar-refractivity contribution in [3.8, 4) is 11.5 Å². The zero-order chi connectivity index (χ0) is 18.4. The zero-order valence-electron chi connectivity index (χ0n) is 13.5. The molecule has 0 saturated heterocycles. The minimum Gasteiger partial charge on any atom is -0.508 e. The maximum Gasteiger partial charge on any atom is 0.336 e. The molecule has 130 valence electrons. The Bertz CT molecular complexity index is 1030. The maximum absolute atomic E-state index is 11.7. The van der Waals surface area contributed by atoms with Gasteiger partial charge in [0.05, 0.1) is 11.7 Å². The minimum atomic E-state index is -1.08. The summed E-state index contributed by atoms with van der Waals surface area (Å²) in [7, 11) is 0. The first-order valence-corrected chi connectivity index (χ1v) is 7.91. The Morgan fingerprint density at radius 3 is 2.69 bits per heavy atom. The fourth-order valence-electron chi connectivity index (χ4n) is 3.18. The van der Waals surface area contributed by atoms with Crippen LogP contribution in [0.15, 0.2) is 66.0 Å². The van der Waals surface area contributed by atoms with E-state index in [4.69, 9.17) is 10.5 Å². The van der Waals surface area contributed by atoms with Crippen LogP contribution in [0.5, 0.6) is 11.5 Å². The molecule has 0 spiro atoms. The third kappa shape index (κ3) is 2.53. The molecule has 4 rings (SSSR count). The lowest BCUT2D eigenvalue weighted by atomic mass is 9.85. The fraction of sp³-hybridized carbons (Fsp3) is 0.0500. The Kier molecular flexibility index (Phi) is 3.56. The van der Waals surface area contributed by atoms with E-state index in [2.05, 4.69) is 0 Å². The van der Waals surface area contributed by atoms with Gasteiger partial charge >= 0.3 is 5.97 Å². The first-order chi connectivity index (χ1) is 12.4. The number of hydrogen-bond acceptors (Lipinski definition) is 5. The van der Waals surface area contributed by atoms with E-state index < -0.39 is 12.1 Å². The van der Waals surface area contributed by atoms with Crippen LogP contribution < -0.4 is 10.5 Å². The first-order valence-electron chi connectivity index (χ1n) is 7.91. The van der Waals surface area contributed by atoms with Crippen molar-refractivity contribution in [3.63, 3.8) is 0 Å². The molecule has 0 aromatic heterocycles. The van der Waals surface area contributed by atoms with Crippen molar-refractivity contribution >= 4 is 17.2 Å². The van der Waals surface area contributed by atoms with Gasteiger partial charge in [-0.3, -0.25) is 0 Å². The molecule has 1 heterocycles. The average molecular weight is 349 g/mol. The van der Waals surface area contributed by atoms with Crippen LogP contribution in [-0.4, -0.2) is 27.4 Å². The minimum absolute atomic E-state index is 0.0186. The summed E-state index contributed by atoms with van der Waals surface area (Å²) >= 11 is 0. The molecule has 1 unspecified atom stereocenters. The van der Waals surface area contributed by atoms with Crippen LogP contribution in [0, 0.1) is 0 Å². The topological polar surface area (TPSA) is 113 Å². The molecular formula is C20H15NO5. The van der Waals surface area contributed by atoms with Gasteiger partial charge in [0.2, 0.25) is 0 Å². The summed E-state index contributed by atoms with van der Waals surface area (Å²) in [6.07, 6.45) is 3.99. The molecule has 2 aromatic rings. The smallest absolute Gasteiger partial charge is 0.336 e. The van der Waals surface area contributed by atoms with Gasteiger partial charge in [0.15, 0.2) is 0 Å². The van der Waals surface area contributed by atoms with Crippen LogP contribution in [0.1, 0.15) is 21.5 Å². The number of phenolic OH excluding ortho intramolecular Hbond substituents is 1. The van der Waals surface area contributed by atoms with Gasteiger partial charge in [-0.1, -0.05) is 12.2 Å². The van der Waals surface area contributed by atoms with Gasteiger partial charge in [-0.05, 0) is 42.0 Å². The van der Waals surface area contributed by atoms with Crippen LogP contribution in [-0.2, 0) is 0 Å². The molecule has 6 nitrogen and oxygen atoms in total. The molecule has 6 heteroatoms. The van der Waals surface area contributed by atoms with E-state index in [1.807, 2.05) is 0 Å². The van der Waals surface area contributed by atoms with Crippen molar-refractivity contribution in [1.29, 1.82) is 0 Å². The average Bonchev–Trinajstić information content (AvgIpc) is 2.59. The predicted molar refractivity (Wildman–Crippen MR) is 95.8 cm³/mol. The van der Waals surface area contributed by atoms with Gasteiger partial charge in [0.25, 0.3) is 0 Å². The summed E-state index contributed by atoms with van der Waals surface area (Å²) in [5, 5.41) is 29.3. The Labute approximate surface area is 148 Å². The van der Waals surface area contributed by atoms with Gasteiger partial charge < -0.3 is 25.8 Å². The highest BCUT2D eigenvalue weighted by Crippen LogP contribution is 2.45. The van der Waals surface area contributed by atoms with Crippen LogP contribution in [0.3, 0.4) is 0 Å². The number of fused-ring (bicyclic) bond motifs is 2. The molecule has 1 aliphatic carbocycles. The van der Waals surface area contributed by atoms with Gasteiger partial charge in [0, 0.05) is 28.5 Å². The van der Waals surface area contributed by atoms with Gasteiger partial charge in [-0.25, -0.2) is 4.79 Å². The monoisotopic (exact) mass is 349 g/mol. The van der Waals surface area contributed by atoms with Gasteiger partial charge in [-0.15, -0.1) is 0 Å². The van der Waals surface area contributed by atoms with Crippen molar-refractivity contribution in [3.05, 3.63) is 82.6 Å². The van der Waals surface area contributed by atoms with Crippen LogP contribution in [0.4, 0.5) is 5.69 Å². The lowest BCUT2D eigenvalue weighted by Crippen LogP contribution is -2.16. The van der Waals surface area contributed by atoms with Crippen molar-refractivity contribution in [2.24, 2.45) is 0 Å². The molecular weight excluding hydrogens is 334 g/mol. The highest BCUT2D eigenvalue weighted by atomic mass is 16.5. The first kappa shape index (κ1) is 16.0. The normalized spacial score (nSPS) is 17.9. The number of hydrogen-bond donors (Lipinski definition) is 4. The summed E-state index contributed by atoms with van der Waals surface area (Å²) in [6, 6.07) is 9.21.